The molecule has 3 rings (SSSR count). The van der Waals surface area contributed by atoms with E-state index in [0.29, 0.717) is 34.0 Å². The molecule has 0 fully saturated rings. The van der Waals surface area contributed by atoms with Gasteiger partial charge >= 0.3 is 0 Å². The van der Waals surface area contributed by atoms with Crippen molar-refractivity contribution in [3.05, 3.63) is 69.2 Å². The number of aryl methyl sites for hydroxylation is 1. The lowest BCUT2D eigenvalue weighted by Gasteiger charge is -2.16. The minimum Gasteiger partial charge on any atom is -0.325 e. The van der Waals surface area contributed by atoms with Crippen LogP contribution in [0.3, 0.4) is 0 Å². The third-order valence-electron chi connectivity index (χ3n) is 3.95. The molecule has 0 saturated heterocycles. The van der Waals surface area contributed by atoms with E-state index in [4.69, 9.17) is 11.6 Å². The molecule has 2 aromatic carbocycles. The van der Waals surface area contributed by atoms with Gasteiger partial charge in [-0.1, -0.05) is 29.8 Å². The topological polar surface area (TPSA) is 78.1 Å². The smallest absolute Gasteiger partial charge is 0.258 e. The average molecular weight is 371 g/mol. The second-order valence-corrected chi connectivity index (χ2v) is 6.62. The molecule has 1 aromatic heterocycles. The lowest BCUT2D eigenvalue weighted by Crippen LogP contribution is -2.31. The maximum Gasteiger partial charge on any atom is 0.258 e. The van der Waals surface area contributed by atoms with Gasteiger partial charge in [0, 0.05) is 10.7 Å². The summed E-state index contributed by atoms with van der Waals surface area (Å²) >= 11 is 6.07. The van der Waals surface area contributed by atoms with E-state index < -0.39 is 0 Å². The van der Waals surface area contributed by atoms with Gasteiger partial charge in [0.25, 0.3) is 5.56 Å². The van der Waals surface area contributed by atoms with Crippen LogP contribution in [0.15, 0.2) is 47.3 Å². The monoisotopic (exact) mass is 370 g/mol. The first-order valence-electron chi connectivity index (χ1n) is 8.15. The molecule has 0 bridgehead atoms. The van der Waals surface area contributed by atoms with Gasteiger partial charge in [-0.25, -0.2) is 4.98 Å². The molecule has 134 valence electrons. The number of hydrogen-bond acceptors (Lipinski definition) is 4. The Labute approximate surface area is 155 Å². The highest BCUT2D eigenvalue weighted by Gasteiger charge is 2.11. The van der Waals surface area contributed by atoms with Crippen LogP contribution in [0.4, 0.5) is 5.69 Å². The quantitative estimate of drug-likeness (QED) is 0.723. The number of likely N-dealkylation sites (N-methyl/N-ethyl adjacent to an activating group) is 1. The Bertz CT molecular complexity index is 1020. The van der Waals surface area contributed by atoms with Crippen molar-refractivity contribution in [3.8, 4) is 0 Å². The maximum absolute atomic E-state index is 12.2. The van der Waals surface area contributed by atoms with Gasteiger partial charge in [0.2, 0.25) is 5.91 Å². The van der Waals surface area contributed by atoms with Crippen molar-refractivity contribution in [3.63, 3.8) is 0 Å². The summed E-state index contributed by atoms with van der Waals surface area (Å²) in [6.07, 6.45) is 0. The molecule has 2 N–H and O–H groups in total. The fraction of sp³-hybridized carbons (Fsp3) is 0.211. The lowest BCUT2D eigenvalue weighted by molar-refractivity contribution is -0.117. The highest BCUT2D eigenvalue weighted by molar-refractivity contribution is 6.31. The van der Waals surface area contributed by atoms with Gasteiger partial charge in [-0.15, -0.1) is 0 Å². The second kappa shape index (κ2) is 7.68. The molecule has 0 unspecified atom stereocenters. The van der Waals surface area contributed by atoms with Gasteiger partial charge < -0.3 is 10.3 Å². The number of amides is 1. The Morgan fingerprint density at radius 3 is 2.81 bits per heavy atom. The van der Waals surface area contributed by atoms with E-state index in [2.05, 4.69) is 15.3 Å². The number of aromatic nitrogens is 2. The van der Waals surface area contributed by atoms with Crippen LogP contribution in [-0.4, -0.2) is 34.4 Å². The molecule has 0 aliphatic heterocycles. The van der Waals surface area contributed by atoms with Crippen molar-refractivity contribution < 1.29 is 4.79 Å². The number of nitrogens with one attached hydrogen (secondary N) is 2. The van der Waals surface area contributed by atoms with Crippen LogP contribution in [0, 0.1) is 6.92 Å². The molecule has 0 atom stereocenters. The van der Waals surface area contributed by atoms with Gasteiger partial charge in [-0.3, -0.25) is 14.5 Å². The first kappa shape index (κ1) is 18.1. The van der Waals surface area contributed by atoms with Gasteiger partial charge in [0.05, 0.1) is 24.0 Å². The zero-order valence-corrected chi connectivity index (χ0v) is 15.3. The Hall–Kier alpha value is -2.70. The van der Waals surface area contributed by atoms with Gasteiger partial charge in [-0.2, -0.15) is 0 Å². The van der Waals surface area contributed by atoms with Crippen LogP contribution < -0.4 is 10.9 Å². The molecule has 26 heavy (non-hydrogen) atoms. The van der Waals surface area contributed by atoms with Gasteiger partial charge in [-0.05, 0) is 43.8 Å². The molecule has 0 aliphatic rings. The van der Waals surface area contributed by atoms with Crippen molar-refractivity contribution >= 4 is 34.1 Å². The first-order valence-corrected chi connectivity index (χ1v) is 8.52. The third-order valence-corrected chi connectivity index (χ3v) is 4.36. The van der Waals surface area contributed by atoms with Crippen molar-refractivity contribution in [2.45, 2.75) is 13.5 Å². The van der Waals surface area contributed by atoms with Gasteiger partial charge in [0.1, 0.15) is 5.82 Å². The Morgan fingerprint density at radius 1 is 1.27 bits per heavy atom. The number of para-hydroxylation sites is 1. The minimum absolute atomic E-state index is 0.155. The number of carbonyl (C=O) groups is 1. The van der Waals surface area contributed by atoms with Crippen molar-refractivity contribution in [1.82, 2.24) is 14.9 Å². The Kier molecular flexibility index (Phi) is 5.35. The largest absolute Gasteiger partial charge is 0.325 e. The fourth-order valence-electron chi connectivity index (χ4n) is 2.64. The van der Waals surface area contributed by atoms with Crippen LogP contribution >= 0.6 is 11.6 Å². The maximum atomic E-state index is 12.2. The molecule has 6 nitrogen and oxygen atoms in total. The average Bonchev–Trinajstić information content (AvgIpc) is 2.58. The SMILES string of the molecule is Cc1ccc(NC(=O)CN(C)Cc2nc3ccccc3c(=O)[nH]2)cc1Cl. The number of benzene rings is 2. The Balaban J connectivity index is 1.64. The van der Waals surface area contributed by atoms with E-state index in [1.165, 1.54) is 0 Å². The number of anilines is 1. The molecular formula is C19H19ClN4O2. The van der Waals surface area contributed by atoms with E-state index >= 15 is 0 Å². The molecule has 3 aromatic rings. The summed E-state index contributed by atoms with van der Waals surface area (Å²) < 4.78 is 0. The van der Waals surface area contributed by atoms with Gasteiger partial charge in [0.15, 0.2) is 0 Å². The number of H-pyrrole nitrogens is 1. The number of halogens is 1. The summed E-state index contributed by atoms with van der Waals surface area (Å²) in [5.41, 5.74) is 2.06. The third kappa shape index (κ3) is 4.28. The summed E-state index contributed by atoms with van der Waals surface area (Å²) in [6.45, 7) is 2.41. The number of aromatic amines is 1. The number of carbonyl (C=O) groups excluding carboxylic acids is 1. The molecular weight excluding hydrogens is 352 g/mol. The van der Waals surface area contributed by atoms with Crippen LogP contribution in [0.5, 0.6) is 0 Å². The molecule has 1 amide bonds. The predicted octanol–water partition coefficient (Wildman–Crippen LogP) is 2.96. The van der Waals surface area contributed by atoms with Crippen LogP contribution in [0.1, 0.15) is 11.4 Å². The van der Waals surface area contributed by atoms with Crippen molar-refractivity contribution in [2.75, 3.05) is 18.9 Å². The van der Waals surface area contributed by atoms with E-state index in [1.54, 1.807) is 36.2 Å². The molecule has 1 heterocycles. The van der Waals surface area contributed by atoms with Crippen LogP contribution in [0.2, 0.25) is 5.02 Å². The zero-order valence-electron chi connectivity index (χ0n) is 14.5. The van der Waals surface area contributed by atoms with E-state index in [1.807, 2.05) is 25.1 Å². The van der Waals surface area contributed by atoms with E-state index in [9.17, 15) is 9.59 Å². The van der Waals surface area contributed by atoms with Crippen LogP contribution in [-0.2, 0) is 11.3 Å². The lowest BCUT2D eigenvalue weighted by atomic mass is 10.2. The number of nitrogens with zero attached hydrogens (tertiary/aromatic N) is 2. The summed E-state index contributed by atoms with van der Waals surface area (Å²) in [4.78, 5) is 33.3. The normalized spacial score (nSPS) is 11.1. The molecule has 0 spiro atoms. The number of hydrogen-bond donors (Lipinski definition) is 2. The van der Waals surface area contributed by atoms with Crippen LogP contribution in [0.25, 0.3) is 10.9 Å². The fourth-order valence-corrected chi connectivity index (χ4v) is 2.82. The van der Waals surface area contributed by atoms with Crippen molar-refractivity contribution in [2.24, 2.45) is 0 Å². The summed E-state index contributed by atoms with van der Waals surface area (Å²) in [5, 5.41) is 3.96. The Morgan fingerprint density at radius 2 is 2.04 bits per heavy atom. The summed E-state index contributed by atoms with van der Waals surface area (Å²) in [5.74, 6) is 0.345. The summed E-state index contributed by atoms with van der Waals surface area (Å²) in [6, 6.07) is 12.5. The highest BCUT2D eigenvalue weighted by Crippen LogP contribution is 2.19. The highest BCUT2D eigenvalue weighted by atomic mass is 35.5. The molecule has 0 radical (unpaired) electrons. The predicted molar refractivity (Wildman–Crippen MR) is 104 cm³/mol. The number of fused-ring (bicyclic) bond motifs is 1. The minimum atomic E-state index is -0.183. The first-order chi connectivity index (χ1) is 12.4. The summed E-state index contributed by atoms with van der Waals surface area (Å²) in [7, 11) is 1.79. The second-order valence-electron chi connectivity index (χ2n) is 6.21. The molecule has 7 heteroatoms. The zero-order chi connectivity index (χ0) is 18.7. The molecule has 0 saturated carbocycles. The van der Waals surface area contributed by atoms with E-state index in [0.717, 1.165) is 5.56 Å². The standard InChI is InChI=1S/C19H19ClN4O2/c1-12-7-8-13(9-15(12)20)21-18(25)11-24(2)10-17-22-16-6-4-3-5-14(16)19(26)23-17/h3-9H,10-11H2,1-2H3,(H,21,25)(H,22,23,26). The molecule has 0 aliphatic carbocycles. The van der Waals surface area contributed by atoms with E-state index in [-0.39, 0.29) is 18.0 Å². The van der Waals surface area contributed by atoms with Crippen molar-refractivity contribution in [1.29, 1.82) is 0 Å². The number of rotatable bonds is 5.